The predicted octanol–water partition coefficient (Wildman–Crippen LogP) is 2.91. The molecule has 0 atom stereocenters. The molecule has 1 heterocycles. The van der Waals surface area contributed by atoms with E-state index in [1.54, 1.807) is 0 Å². The molecule has 0 bridgehead atoms. The van der Waals surface area contributed by atoms with Crippen LogP contribution in [0.15, 0.2) is 6.07 Å². The normalized spacial score (nSPS) is 10.7. The van der Waals surface area contributed by atoms with Crippen LogP contribution in [0.25, 0.3) is 0 Å². The van der Waals surface area contributed by atoms with E-state index in [2.05, 4.69) is 4.98 Å². The van der Waals surface area contributed by atoms with Gasteiger partial charge in [-0.3, -0.25) is 0 Å². The van der Waals surface area contributed by atoms with Gasteiger partial charge >= 0.3 is 0 Å². The fourth-order valence-electron chi connectivity index (χ4n) is 1.05. The highest BCUT2D eigenvalue weighted by Gasteiger charge is 2.20. The van der Waals surface area contributed by atoms with E-state index < -0.39 is 18.1 Å². The number of ether oxygens (including phenoxy) is 1. The zero-order valence-corrected chi connectivity index (χ0v) is 7.99. The molecule has 6 heteroatoms. The maximum absolute atomic E-state index is 12.7. The molecule has 1 aromatic rings. The smallest absolute Gasteiger partial charge is 0.284 e. The van der Waals surface area contributed by atoms with Crippen LogP contribution >= 0.6 is 11.6 Å². The van der Waals surface area contributed by atoms with Crippen molar-refractivity contribution in [1.29, 1.82) is 0 Å². The SMILES string of the molecule is COc1c(CCl)cc(F)nc1C(F)F. The molecule has 0 radical (unpaired) electrons. The van der Waals surface area contributed by atoms with Crippen molar-refractivity contribution in [2.45, 2.75) is 12.3 Å². The first kappa shape index (κ1) is 11.1. The Labute approximate surface area is 83.7 Å². The maximum atomic E-state index is 12.7. The van der Waals surface area contributed by atoms with Gasteiger partial charge < -0.3 is 4.74 Å². The van der Waals surface area contributed by atoms with Crippen LogP contribution in [0.3, 0.4) is 0 Å². The van der Waals surface area contributed by atoms with Crippen molar-refractivity contribution < 1.29 is 17.9 Å². The van der Waals surface area contributed by atoms with Crippen LogP contribution in [-0.4, -0.2) is 12.1 Å². The first-order chi connectivity index (χ1) is 6.60. The number of hydrogen-bond acceptors (Lipinski definition) is 2. The molecule has 2 nitrogen and oxygen atoms in total. The summed E-state index contributed by atoms with van der Waals surface area (Å²) in [5.74, 6) is -1.25. The van der Waals surface area contributed by atoms with Crippen LogP contribution in [0.5, 0.6) is 5.75 Å². The number of aromatic nitrogens is 1. The zero-order chi connectivity index (χ0) is 10.7. The van der Waals surface area contributed by atoms with E-state index in [1.165, 1.54) is 7.11 Å². The largest absolute Gasteiger partial charge is 0.494 e. The topological polar surface area (TPSA) is 22.1 Å². The quantitative estimate of drug-likeness (QED) is 0.583. The second kappa shape index (κ2) is 4.50. The summed E-state index contributed by atoms with van der Waals surface area (Å²) < 4.78 is 42.1. The molecular weight excluding hydrogens is 219 g/mol. The van der Waals surface area contributed by atoms with Crippen LogP contribution < -0.4 is 4.74 Å². The van der Waals surface area contributed by atoms with Crippen molar-refractivity contribution in [2.24, 2.45) is 0 Å². The average Bonchev–Trinajstić information content (AvgIpc) is 2.16. The fraction of sp³-hybridized carbons (Fsp3) is 0.375. The summed E-state index contributed by atoms with van der Waals surface area (Å²) in [6.45, 7) is 0. The summed E-state index contributed by atoms with van der Waals surface area (Å²) in [6, 6.07) is 0.970. The Morgan fingerprint density at radius 1 is 1.57 bits per heavy atom. The lowest BCUT2D eigenvalue weighted by Gasteiger charge is -2.10. The molecule has 0 N–H and O–H groups in total. The lowest BCUT2D eigenvalue weighted by Crippen LogP contribution is -2.02. The summed E-state index contributed by atoms with van der Waals surface area (Å²) in [5, 5.41) is 0. The molecule has 0 amide bonds. The van der Waals surface area contributed by atoms with Gasteiger partial charge in [0.25, 0.3) is 6.43 Å². The van der Waals surface area contributed by atoms with Gasteiger partial charge in [-0.1, -0.05) is 0 Å². The minimum atomic E-state index is -2.89. The zero-order valence-electron chi connectivity index (χ0n) is 7.23. The van der Waals surface area contributed by atoms with E-state index in [-0.39, 0.29) is 17.2 Å². The molecular formula is C8H7ClF3NO. The van der Waals surface area contributed by atoms with E-state index in [1.807, 2.05) is 0 Å². The number of nitrogens with zero attached hydrogens (tertiary/aromatic N) is 1. The summed E-state index contributed by atoms with van der Waals surface area (Å²) in [7, 11) is 1.21. The van der Waals surface area contributed by atoms with E-state index in [9.17, 15) is 13.2 Å². The first-order valence-electron chi connectivity index (χ1n) is 3.67. The molecule has 1 rings (SSSR count). The van der Waals surface area contributed by atoms with Crippen molar-refractivity contribution in [3.63, 3.8) is 0 Å². The van der Waals surface area contributed by atoms with E-state index in [4.69, 9.17) is 16.3 Å². The number of methoxy groups -OCH3 is 1. The van der Waals surface area contributed by atoms with E-state index in [0.717, 1.165) is 6.07 Å². The summed E-state index contributed by atoms with van der Waals surface area (Å²) in [5.41, 5.74) is -0.555. The molecule has 0 aliphatic carbocycles. The Morgan fingerprint density at radius 2 is 2.21 bits per heavy atom. The third-order valence-corrected chi connectivity index (χ3v) is 1.89. The van der Waals surface area contributed by atoms with Gasteiger partial charge in [0.15, 0.2) is 11.4 Å². The maximum Gasteiger partial charge on any atom is 0.284 e. The third kappa shape index (κ3) is 2.09. The van der Waals surface area contributed by atoms with Crippen molar-refractivity contribution in [3.8, 4) is 5.75 Å². The summed E-state index contributed by atoms with van der Waals surface area (Å²) >= 11 is 5.44. The number of rotatable bonds is 3. The Bertz CT molecular complexity index is 333. The monoisotopic (exact) mass is 225 g/mol. The van der Waals surface area contributed by atoms with Crippen molar-refractivity contribution in [1.82, 2.24) is 4.98 Å². The average molecular weight is 226 g/mol. The molecule has 78 valence electrons. The van der Waals surface area contributed by atoms with Crippen LogP contribution in [-0.2, 0) is 5.88 Å². The summed E-state index contributed by atoms with van der Waals surface area (Å²) in [6.07, 6.45) is -2.89. The van der Waals surface area contributed by atoms with Gasteiger partial charge in [-0.05, 0) is 0 Å². The lowest BCUT2D eigenvalue weighted by molar-refractivity contribution is 0.139. The van der Waals surface area contributed by atoms with E-state index >= 15 is 0 Å². The highest BCUT2D eigenvalue weighted by molar-refractivity contribution is 6.17. The van der Waals surface area contributed by atoms with Gasteiger partial charge in [-0.2, -0.15) is 4.39 Å². The second-order valence-electron chi connectivity index (χ2n) is 2.46. The van der Waals surface area contributed by atoms with Crippen LogP contribution in [0.4, 0.5) is 13.2 Å². The highest BCUT2D eigenvalue weighted by atomic mass is 35.5. The first-order valence-corrected chi connectivity index (χ1v) is 4.21. The highest BCUT2D eigenvalue weighted by Crippen LogP contribution is 2.31. The van der Waals surface area contributed by atoms with Gasteiger partial charge in [-0.25, -0.2) is 13.8 Å². The third-order valence-electron chi connectivity index (χ3n) is 1.60. The minimum Gasteiger partial charge on any atom is -0.494 e. The molecule has 14 heavy (non-hydrogen) atoms. The fourth-order valence-corrected chi connectivity index (χ4v) is 1.25. The molecule has 0 spiro atoms. The van der Waals surface area contributed by atoms with Crippen LogP contribution in [0, 0.1) is 5.95 Å². The number of hydrogen-bond donors (Lipinski definition) is 0. The molecule has 0 aromatic carbocycles. The molecule has 0 fully saturated rings. The molecule has 0 unspecified atom stereocenters. The Hall–Kier alpha value is -0.970. The van der Waals surface area contributed by atoms with Gasteiger partial charge in [-0.15, -0.1) is 11.6 Å². The summed E-state index contributed by atoms with van der Waals surface area (Å²) in [4.78, 5) is 3.05. The Kier molecular flexibility index (Phi) is 3.57. The predicted molar refractivity (Wildman–Crippen MR) is 45.3 cm³/mol. The van der Waals surface area contributed by atoms with Crippen LogP contribution in [0.2, 0.25) is 0 Å². The van der Waals surface area contributed by atoms with Crippen molar-refractivity contribution in [3.05, 3.63) is 23.3 Å². The Morgan fingerprint density at radius 3 is 2.64 bits per heavy atom. The van der Waals surface area contributed by atoms with Gasteiger partial charge in [0.05, 0.1) is 13.0 Å². The van der Waals surface area contributed by atoms with E-state index in [0.29, 0.717) is 0 Å². The molecule has 0 aliphatic rings. The number of alkyl halides is 3. The van der Waals surface area contributed by atoms with Crippen LogP contribution in [0.1, 0.15) is 17.7 Å². The molecule has 0 saturated carbocycles. The van der Waals surface area contributed by atoms with Crippen molar-refractivity contribution in [2.75, 3.05) is 7.11 Å². The molecule has 1 aromatic heterocycles. The molecule has 0 saturated heterocycles. The Balaban J connectivity index is 3.31. The van der Waals surface area contributed by atoms with Gasteiger partial charge in [0, 0.05) is 11.6 Å². The standard InChI is InChI=1S/C8H7ClF3NO/c1-14-7-4(3-9)2-5(10)13-6(7)8(11)12/h2,8H,3H2,1H3. The van der Waals surface area contributed by atoms with Crippen molar-refractivity contribution >= 4 is 11.6 Å². The number of halogens is 4. The van der Waals surface area contributed by atoms with Gasteiger partial charge in [0.2, 0.25) is 5.95 Å². The second-order valence-corrected chi connectivity index (χ2v) is 2.72. The number of pyridine rings is 1. The lowest BCUT2D eigenvalue weighted by atomic mass is 10.2. The molecule has 0 aliphatic heterocycles. The van der Waals surface area contributed by atoms with Gasteiger partial charge in [0.1, 0.15) is 0 Å². The minimum absolute atomic E-state index is 0.109.